The first-order chi connectivity index (χ1) is 11.5. The summed E-state index contributed by atoms with van der Waals surface area (Å²) in [5, 5.41) is 12.1. The molecule has 0 heterocycles. The Kier molecular flexibility index (Phi) is 4.72. The van der Waals surface area contributed by atoms with Crippen LogP contribution in [-0.4, -0.2) is 17.2 Å². The van der Waals surface area contributed by atoms with Gasteiger partial charge < -0.3 is 9.84 Å². The van der Waals surface area contributed by atoms with Crippen molar-refractivity contribution in [2.45, 2.75) is 19.4 Å². The Morgan fingerprint density at radius 2 is 1.88 bits per heavy atom. The van der Waals surface area contributed by atoms with Crippen molar-refractivity contribution in [1.82, 2.24) is 0 Å². The van der Waals surface area contributed by atoms with Gasteiger partial charge >= 0.3 is 5.97 Å². The molecule has 3 nitrogen and oxygen atoms in total. The maximum absolute atomic E-state index is 11.6. The van der Waals surface area contributed by atoms with Crippen LogP contribution < -0.4 is 4.74 Å². The Bertz CT molecular complexity index is 884. The fourth-order valence-electron chi connectivity index (χ4n) is 2.61. The number of hydrogen-bond acceptors (Lipinski definition) is 2. The normalized spacial score (nSPS) is 12.1. The number of carboxylic acids is 1. The Labute approximate surface area is 145 Å². The molecule has 0 fully saturated rings. The second-order valence-electron chi connectivity index (χ2n) is 5.71. The zero-order valence-electron chi connectivity index (χ0n) is 13.2. The van der Waals surface area contributed by atoms with Gasteiger partial charge in [-0.1, -0.05) is 60.1 Å². The molecule has 3 aromatic rings. The van der Waals surface area contributed by atoms with Gasteiger partial charge in [0.2, 0.25) is 0 Å². The maximum atomic E-state index is 11.6. The van der Waals surface area contributed by atoms with Crippen molar-refractivity contribution in [2.24, 2.45) is 0 Å². The van der Waals surface area contributed by atoms with E-state index >= 15 is 0 Å². The first-order valence-electron chi connectivity index (χ1n) is 7.67. The van der Waals surface area contributed by atoms with Crippen molar-refractivity contribution < 1.29 is 14.6 Å². The Hall–Kier alpha value is -2.52. The lowest BCUT2D eigenvalue weighted by molar-refractivity contribution is -0.144. The molecule has 0 aromatic heterocycles. The second-order valence-corrected chi connectivity index (χ2v) is 6.12. The van der Waals surface area contributed by atoms with Crippen molar-refractivity contribution in [3.63, 3.8) is 0 Å². The second kappa shape index (κ2) is 6.93. The van der Waals surface area contributed by atoms with Crippen molar-refractivity contribution in [1.29, 1.82) is 0 Å². The van der Waals surface area contributed by atoms with Gasteiger partial charge in [-0.25, -0.2) is 4.79 Å². The fourth-order valence-corrected chi connectivity index (χ4v) is 2.81. The van der Waals surface area contributed by atoms with Crippen LogP contribution in [0.2, 0.25) is 5.02 Å². The summed E-state index contributed by atoms with van der Waals surface area (Å²) in [7, 11) is 0. The van der Waals surface area contributed by atoms with Crippen molar-refractivity contribution in [3.8, 4) is 5.75 Å². The highest BCUT2D eigenvalue weighted by atomic mass is 35.5. The van der Waals surface area contributed by atoms with Crippen molar-refractivity contribution in [3.05, 3.63) is 76.8 Å². The Morgan fingerprint density at radius 3 is 2.62 bits per heavy atom. The molecule has 0 saturated carbocycles. The number of rotatable bonds is 5. The molecule has 4 heteroatoms. The molecular weight excluding hydrogens is 324 g/mol. The summed E-state index contributed by atoms with van der Waals surface area (Å²) in [5.41, 5.74) is 1.79. The van der Waals surface area contributed by atoms with E-state index in [0.717, 1.165) is 21.9 Å². The van der Waals surface area contributed by atoms with Gasteiger partial charge in [0.1, 0.15) is 5.75 Å². The maximum Gasteiger partial charge on any atom is 0.345 e. The topological polar surface area (TPSA) is 46.5 Å². The molecule has 24 heavy (non-hydrogen) atoms. The summed E-state index contributed by atoms with van der Waals surface area (Å²) in [6.07, 6.45) is -0.729. The van der Waals surface area contributed by atoms with E-state index in [4.69, 9.17) is 16.3 Å². The molecule has 122 valence electrons. The van der Waals surface area contributed by atoms with E-state index in [1.807, 2.05) is 55.5 Å². The minimum atomic E-state index is -1.00. The van der Waals surface area contributed by atoms with Crippen LogP contribution >= 0.6 is 11.6 Å². The van der Waals surface area contributed by atoms with Crippen LogP contribution in [0.3, 0.4) is 0 Å². The number of hydrogen-bond donors (Lipinski definition) is 1. The van der Waals surface area contributed by atoms with Crippen molar-refractivity contribution in [2.75, 3.05) is 0 Å². The summed E-state index contributed by atoms with van der Waals surface area (Å²) < 4.78 is 5.82. The van der Waals surface area contributed by atoms with Crippen molar-refractivity contribution >= 4 is 28.3 Å². The SMILES string of the molecule is Cc1ccc(CC(Oc2cccc3ccccc23)C(=O)O)cc1Cl. The van der Waals surface area contributed by atoms with Crippen LogP contribution in [0.1, 0.15) is 11.1 Å². The van der Waals surface area contributed by atoms with E-state index in [1.54, 1.807) is 12.1 Å². The molecule has 3 aromatic carbocycles. The minimum absolute atomic E-state index is 0.249. The summed E-state index contributed by atoms with van der Waals surface area (Å²) in [6.45, 7) is 1.91. The highest BCUT2D eigenvalue weighted by molar-refractivity contribution is 6.31. The summed E-state index contributed by atoms with van der Waals surface area (Å²) >= 11 is 6.13. The van der Waals surface area contributed by atoms with Crippen LogP contribution in [0.25, 0.3) is 10.8 Å². The van der Waals surface area contributed by atoms with E-state index in [9.17, 15) is 9.90 Å². The predicted molar refractivity (Wildman–Crippen MR) is 95.9 cm³/mol. The third-order valence-corrected chi connectivity index (χ3v) is 4.36. The van der Waals surface area contributed by atoms with E-state index in [-0.39, 0.29) is 6.42 Å². The minimum Gasteiger partial charge on any atom is -0.478 e. The Morgan fingerprint density at radius 1 is 1.12 bits per heavy atom. The molecule has 1 N–H and O–H groups in total. The van der Waals surface area contributed by atoms with Crippen LogP contribution in [0, 0.1) is 6.92 Å². The van der Waals surface area contributed by atoms with Crippen LogP contribution in [0.15, 0.2) is 60.7 Å². The molecule has 1 unspecified atom stereocenters. The predicted octanol–water partition coefficient (Wildman–Crippen LogP) is 4.88. The number of carboxylic acid groups (broad SMARTS) is 1. The first kappa shape index (κ1) is 16.3. The molecule has 0 aliphatic heterocycles. The summed E-state index contributed by atoms with van der Waals surface area (Å²) in [4.78, 5) is 11.6. The van der Waals surface area contributed by atoms with E-state index in [1.165, 1.54) is 0 Å². The number of carbonyl (C=O) groups is 1. The van der Waals surface area contributed by atoms with Gasteiger partial charge in [0.15, 0.2) is 6.10 Å². The third-order valence-electron chi connectivity index (χ3n) is 3.95. The van der Waals surface area contributed by atoms with Gasteiger partial charge in [0.25, 0.3) is 0 Å². The molecule has 0 spiro atoms. The largest absolute Gasteiger partial charge is 0.478 e. The van der Waals surface area contributed by atoms with Crippen LogP contribution in [0.4, 0.5) is 0 Å². The molecule has 1 atom stereocenters. The molecule has 0 saturated heterocycles. The van der Waals surface area contributed by atoms with E-state index < -0.39 is 12.1 Å². The summed E-state index contributed by atoms with van der Waals surface area (Å²) in [5.74, 6) is -0.432. The molecule has 0 aliphatic carbocycles. The van der Waals surface area contributed by atoms with Gasteiger partial charge in [-0.3, -0.25) is 0 Å². The van der Waals surface area contributed by atoms with E-state index in [0.29, 0.717) is 10.8 Å². The molecule has 0 aliphatic rings. The monoisotopic (exact) mass is 340 g/mol. The molecular formula is C20H17ClO3. The number of fused-ring (bicyclic) bond motifs is 1. The molecule has 0 amide bonds. The summed E-state index contributed by atoms with van der Waals surface area (Å²) in [6, 6.07) is 18.9. The number of benzene rings is 3. The number of halogens is 1. The smallest absolute Gasteiger partial charge is 0.345 e. The quantitative estimate of drug-likeness (QED) is 0.720. The Balaban J connectivity index is 1.88. The number of ether oxygens (including phenoxy) is 1. The molecule has 0 bridgehead atoms. The highest BCUT2D eigenvalue weighted by Crippen LogP contribution is 2.27. The van der Waals surface area contributed by atoms with Crippen LogP contribution in [0.5, 0.6) is 5.75 Å². The average molecular weight is 341 g/mol. The third kappa shape index (κ3) is 3.52. The van der Waals surface area contributed by atoms with Gasteiger partial charge in [-0.05, 0) is 35.6 Å². The first-order valence-corrected chi connectivity index (χ1v) is 8.04. The number of aryl methyl sites for hydroxylation is 1. The zero-order chi connectivity index (χ0) is 17.1. The molecule has 0 radical (unpaired) electrons. The van der Waals surface area contributed by atoms with Gasteiger partial charge in [-0.2, -0.15) is 0 Å². The van der Waals surface area contributed by atoms with E-state index in [2.05, 4.69) is 0 Å². The lowest BCUT2D eigenvalue weighted by Gasteiger charge is -2.17. The average Bonchev–Trinajstić information content (AvgIpc) is 2.57. The number of aliphatic carboxylic acids is 1. The zero-order valence-corrected chi connectivity index (χ0v) is 14.0. The molecule has 3 rings (SSSR count). The lowest BCUT2D eigenvalue weighted by atomic mass is 10.1. The lowest BCUT2D eigenvalue weighted by Crippen LogP contribution is -2.29. The van der Waals surface area contributed by atoms with Crippen LogP contribution in [-0.2, 0) is 11.2 Å². The van der Waals surface area contributed by atoms with Gasteiger partial charge in [-0.15, -0.1) is 0 Å². The highest BCUT2D eigenvalue weighted by Gasteiger charge is 2.21. The standard InChI is InChI=1S/C20H17ClO3/c1-13-9-10-14(11-17(13)21)12-19(20(22)23)24-18-8-4-6-15-5-2-3-7-16(15)18/h2-11,19H,12H2,1H3,(H,22,23). The van der Waals surface area contributed by atoms with Gasteiger partial charge in [0.05, 0.1) is 0 Å². The van der Waals surface area contributed by atoms with Gasteiger partial charge in [0, 0.05) is 16.8 Å². The fraction of sp³-hybridized carbons (Fsp3) is 0.150.